The van der Waals surface area contributed by atoms with Crippen LogP contribution in [0.5, 0.6) is 5.75 Å². The molecule has 0 amide bonds. The van der Waals surface area contributed by atoms with Gasteiger partial charge in [-0.1, -0.05) is 37.6 Å². The fraction of sp³-hybridized carbons (Fsp3) is 0.188. The van der Waals surface area contributed by atoms with Crippen LogP contribution in [0.3, 0.4) is 0 Å². The monoisotopic (exact) mass is 292 g/mol. The fourth-order valence-electron chi connectivity index (χ4n) is 2.19. The van der Waals surface area contributed by atoms with Gasteiger partial charge in [0, 0.05) is 11.1 Å². The quantitative estimate of drug-likeness (QED) is 0.826. The molecule has 4 heteroatoms. The standard InChI is InChI=1S/C16H14ClFO2/c1-9(2)12-7-14(17)16(20)15(13(12)8-19)10-3-5-11(18)6-4-10/h3-9,20H,1-2H3. The highest BCUT2D eigenvalue weighted by Gasteiger charge is 2.19. The van der Waals surface area contributed by atoms with E-state index in [1.807, 2.05) is 13.8 Å². The smallest absolute Gasteiger partial charge is 0.151 e. The van der Waals surface area contributed by atoms with Crippen LogP contribution in [-0.4, -0.2) is 11.4 Å². The van der Waals surface area contributed by atoms with Crippen LogP contribution in [0.25, 0.3) is 11.1 Å². The fourth-order valence-corrected chi connectivity index (χ4v) is 2.40. The van der Waals surface area contributed by atoms with Gasteiger partial charge in [-0.05, 0) is 35.2 Å². The molecule has 2 nitrogen and oxygen atoms in total. The van der Waals surface area contributed by atoms with Crippen molar-refractivity contribution < 1.29 is 14.3 Å². The Kier molecular flexibility index (Phi) is 4.09. The summed E-state index contributed by atoms with van der Waals surface area (Å²) in [6.07, 6.45) is 0.698. The topological polar surface area (TPSA) is 37.3 Å². The Morgan fingerprint density at radius 3 is 2.35 bits per heavy atom. The molecule has 0 aliphatic carbocycles. The Balaban J connectivity index is 2.79. The van der Waals surface area contributed by atoms with Gasteiger partial charge in [-0.15, -0.1) is 0 Å². The van der Waals surface area contributed by atoms with Crippen LogP contribution in [0.1, 0.15) is 35.7 Å². The second kappa shape index (κ2) is 5.63. The molecule has 2 rings (SSSR count). The minimum atomic E-state index is -0.382. The van der Waals surface area contributed by atoms with Gasteiger partial charge in [-0.2, -0.15) is 0 Å². The summed E-state index contributed by atoms with van der Waals surface area (Å²) in [6, 6.07) is 7.17. The van der Waals surface area contributed by atoms with Crippen molar-refractivity contribution in [3.05, 3.63) is 52.3 Å². The van der Waals surface area contributed by atoms with Crippen LogP contribution in [0, 0.1) is 5.82 Å². The molecule has 0 unspecified atom stereocenters. The summed E-state index contributed by atoms with van der Waals surface area (Å²) >= 11 is 6.03. The van der Waals surface area contributed by atoms with E-state index in [4.69, 9.17) is 11.6 Å². The van der Waals surface area contributed by atoms with Crippen LogP contribution in [-0.2, 0) is 0 Å². The summed E-state index contributed by atoms with van der Waals surface area (Å²) in [5.74, 6) is -0.468. The van der Waals surface area contributed by atoms with Gasteiger partial charge in [0.2, 0.25) is 0 Å². The molecule has 2 aromatic carbocycles. The van der Waals surface area contributed by atoms with E-state index < -0.39 is 0 Å². The van der Waals surface area contributed by atoms with Crippen LogP contribution >= 0.6 is 11.6 Å². The lowest BCUT2D eigenvalue weighted by Gasteiger charge is -2.16. The van der Waals surface area contributed by atoms with Crippen molar-refractivity contribution in [3.63, 3.8) is 0 Å². The maximum absolute atomic E-state index is 13.0. The van der Waals surface area contributed by atoms with Crippen molar-refractivity contribution in [3.8, 4) is 16.9 Å². The molecule has 0 heterocycles. The Bertz CT molecular complexity index is 649. The number of rotatable bonds is 3. The van der Waals surface area contributed by atoms with Crippen LogP contribution in [0.4, 0.5) is 4.39 Å². The van der Waals surface area contributed by atoms with Gasteiger partial charge in [0.05, 0.1) is 5.02 Å². The third-order valence-electron chi connectivity index (χ3n) is 3.20. The molecule has 0 saturated carbocycles. The van der Waals surface area contributed by atoms with Crippen LogP contribution in [0.2, 0.25) is 5.02 Å². The summed E-state index contributed by atoms with van der Waals surface area (Å²) in [6.45, 7) is 3.87. The largest absolute Gasteiger partial charge is 0.506 e. The van der Waals surface area contributed by atoms with Crippen molar-refractivity contribution in [2.45, 2.75) is 19.8 Å². The van der Waals surface area contributed by atoms with Gasteiger partial charge >= 0.3 is 0 Å². The summed E-state index contributed by atoms with van der Waals surface area (Å²) in [7, 11) is 0. The van der Waals surface area contributed by atoms with E-state index in [1.165, 1.54) is 24.3 Å². The lowest BCUT2D eigenvalue weighted by molar-refractivity contribution is 0.112. The number of carbonyl (C=O) groups is 1. The molecule has 1 N–H and O–H groups in total. The second-order valence-electron chi connectivity index (χ2n) is 4.86. The average Bonchev–Trinajstić information content (AvgIpc) is 2.42. The minimum absolute atomic E-state index is 0.0764. The molecule has 0 aliphatic rings. The Hall–Kier alpha value is -1.87. The highest BCUT2D eigenvalue weighted by Crippen LogP contribution is 2.41. The van der Waals surface area contributed by atoms with E-state index in [-0.39, 0.29) is 22.5 Å². The molecule has 0 bridgehead atoms. The predicted molar refractivity (Wildman–Crippen MR) is 78.0 cm³/mol. The molecule has 0 fully saturated rings. The molecule has 0 aromatic heterocycles. The third kappa shape index (κ3) is 2.54. The van der Waals surface area contributed by atoms with E-state index in [9.17, 15) is 14.3 Å². The summed E-state index contributed by atoms with van der Waals surface area (Å²) in [5, 5.41) is 10.3. The van der Waals surface area contributed by atoms with Gasteiger partial charge in [0.15, 0.2) is 6.29 Å². The Labute approximate surface area is 121 Å². The number of hydrogen-bond donors (Lipinski definition) is 1. The van der Waals surface area contributed by atoms with Gasteiger partial charge in [0.1, 0.15) is 11.6 Å². The summed E-state index contributed by atoms with van der Waals surface area (Å²) in [5.41, 5.74) is 2.03. The lowest BCUT2D eigenvalue weighted by Crippen LogP contribution is -1.99. The molecule has 0 saturated heterocycles. The molecule has 20 heavy (non-hydrogen) atoms. The Morgan fingerprint density at radius 1 is 1.25 bits per heavy atom. The number of phenolic OH excluding ortho intramolecular Hbond substituents is 1. The zero-order valence-corrected chi connectivity index (χ0v) is 11.9. The number of phenols is 1. The van der Waals surface area contributed by atoms with Gasteiger partial charge < -0.3 is 5.11 Å². The second-order valence-corrected chi connectivity index (χ2v) is 5.27. The van der Waals surface area contributed by atoms with Crippen molar-refractivity contribution in [1.82, 2.24) is 0 Å². The average molecular weight is 293 g/mol. The Morgan fingerprint density at radius 2 is 1.85 bits per heavy atom. The highest BCUT2D eigenvalue weighted by molar-refractivity contribution is 6.33. The minimum Gasteiger partial charge on any atom is -0.506 e. The van der Waals surface area contributed by atoms with Gasteiger partial charge in [-0.25, -0.2) is 4.39 Å². The zero-order chi connectivity index (χ0) is 14.9. The van der Waals surface area contributed by atoms with E-state index in [0.717, 1.165) is 5.56 Å². The van der Waals surface area contributed by atoms with Gasteiger partial charge in [0.25, 0.3) is 0 Å². The number of halogens is 2. The van der Waals surface area contributed by atoms with Crippen molar-refractivity contribution in [2.75, 3.05) is 0 Å². The molecule has 0 spiro atoms. The number of aldehydes is 1. The third-order valence-corrected chi connectivity index (χ3v) is 3.49. The first-order valence-corrected chi connectivity index (χ1v) is 6.60. The number of carbonyl (C=O) groups excluding carboxylic acids is 1. The molecular weight excluding hydrogens is 279 g/mol. The first-order valence-electron chi connectivity index (χ1n) is 6.22. The molecule has 2 aromatic rings. The SMILES string of the molecule is CC(C)c1cc(Cl)c(O)c(-c2ccc(F)cc2)c1C=O. The molecule has 0 radical (unpaired) electrons. The van der Waals surface area contributed by atoms with Crippen molar-refractivity contribution in [1.29, 1.82) is 0 Å². The first kappa shape index (κ1) is 14.5. The number of aromatic hydroxyl groups is 1. The zero-order valence-electron chi connectivity index (χ0n) is 11.2. The molecule has 0 aliphatic heterocycles. The van der Waals surface area contributed by atoms with E-state index in [2.05, 4.69) is 0 Å². The lowest BCUT2D eigenvalue weighted by atomic mass is 9.90. The predicted octanol–water partition coefficient (Wildman–Crippen LogP) is 4.79. The van der Waals surface area contributed by atoms with Crippen molar-refractivity contribution >= 4 is 17.9 Å². The maximum atomic E-state index is 13.0. The number of benzene rings is 2. The van der Waals surface area contributed by atoms with E-state index in [1.54, 1.807) is 6.07 Å². The molecular formula is C16H14ClFO2. The first-order chi connectivity index (χ1) is 9.45. The van der Waals surface area contributed by atoms with E-state index in [0.29, 0.717) is 23.0 Å². The van der Waals surface area contributed by atoms with E-state index >= 15 is 0 Å². The summed E-state index contributed by atoms with van der Waals surface area (Å²) < 4.78 is 13.0. The molecule has 0 atom stereocenters. The highest BCUT2D eigenvalue weighted by atomic mass is 35.5. The number of hydrogen-bond acceptors (Lipinski definition) is 2. The van der Waals surface area contributed by atoms with Gasteiger partial charge in [-0.3, -0.25) is 4.79 Å². The molecule has 104 valence electrons. The normalized spacial score (nSPS) is 10.8. The van der Waals surface area contributed by atoms with Crippen LogP contribution < -0.4 is 0 Å². The van der Waals surface area contributed by atoms with Crippen LogP contribution in [0.15, 0.2) is 30.3 Å². The summed E-state index contributed by atoms with van der Waals surface area (Å²) in [4.78, 5) is 11.4. The maximum Gasteiger partial charge on any atom is 0.151 e. The van der Waals surface area contributed by atoms with Crippen molar-refractivity contribution in [2.24, 2.45) is 0 Å².